The third kappa shape index (κ3) is 6.08. The lowest BCUT2D eigenvalue weighted by Gasteiger charge is -2.29. The number of benzene rings is 4. The number of aliphatic hydroxyl groups is 1. The summed E-state index contributed by atoms with van der Waals surface area (Å²) in [6.45, 7) is 8.27. The zero-order valence-corrected chi connectivity index (χ0v) is 23.8. The van der Waals surface area contributed by atoms with E-state index in [4.69, 9.17) is 0 Å². The van der Waals surface area contributed by atoms with Crippen molar-refractivity contribution in [3.8, 4) is 0 Å². The molecule has 0 unspecified atom stereocenters. The van der Waals surface area contributed by atoms with Gasteiger partial charge in [0.2, 0.25) is 0 Å². The first-order chi connectivity index (χ1) is 19.2. The maximum atomic E-state index is 14.2. The van der Waals surface area contributed by atoms with E-state index in [1.807, 2.05) is 54.6 Å². The quantitative estimate of drug-likeness (QED) is 0.245. The van der Waals surface area contributed by atoms with Crippen LogP contribution in [0.1, 0.15) is 62.8 Å². The van der Waals surface area contributed by atoms with E-state index in [0.717, 1.165) is 22.3 Å². The Kier molecular flexibility index (Phi) is 8.00. The average Bonchev–Trinajstić information content (AvgIpc) is 3.26. The van der Waals surface area contributed by atoms with E-state index in [0.29, 0.717) is 6.42 Å². The maximum Gasteiger partial charge on any atom is 0.162 e. The first-order valence-electron chi connectivity index (χ1n) is 14.1. The van der Waals surface area contributed by atoms with E-state index in [2.05, 4.69) is 88.4 Å². The Morgan fingerprint density at radius 2 is 1.07 bits per heavy atom. The van der Waals surface area contributed by atoms with Crippen LogP contribution in [0.5, 0.6) is 0 Å². The fourth-order valence-corrected chi connectivity index (χ4v) is 5.97. The molecule has 2 nitrogen and oxygen atoms in total. The summed E-state index contributed by atoms with van der Waals surface area (Å²) in [5.41, 5.74) is 7.62. The minimum atomic E-state index is -1.31. The van der Waals surface area contributed by atoms with Gasteiger partial charge in [0.1, 0.15) is 0 Å². The van der Waals surface area contributed by atoms with E-state index in [9.17, 15) is 9.90 Å². The van der Waals surface area contributed by atoms with Crippen LogP contribution < -0.4 is 0 Å². The highest BCUT2D eigenvalue weighted by molar-refractivity contribution is 5.97. The van der Waals surface area contributed by atoms with Gasteiger partial charge < -0.3 is 5.11 Å². The smallest absolute Gasteiger partial charge is 0.162 e. The Hall–Kier alpha value is -4.01. The normalized spacial score (nSPS) is 22.8. The zero-order valence-electron chi connectivity index (χ0n) is 23.8. The molecular formula is C38H38O2. The van der Waals surface area contributed by atoms with Crippen LogP contribution in [0.25, 0.3) is 12.2 Å². The van der Waals surface area contributed by atoms with E-state index in [1.54, 1.807) is 6.08 Å². The fourth-order valence-electron chi connectivity index (χ4n) is 5.97. The Morgan fingerprint density at radius 1 is 0.650 bits per heavy atom. The molecule has 4 aromatic carbocycles. The third-order valence-electron chi connectivity index (χ3n) is 8.31. The van der Waals surface area contributed by atoms with Crippen molar-refractivity contribution in [3.63, 3.8) is 0 Å². The highest BCUT2D eigenvalue weighted by Crippen LogP contribution is 2.55. The van der Waals surface area contributed by atoms with Crippen molar-refractivity contribution in [2.75, 3.05) is 0 Å². The number of hydrogen-bond acceptors (Lipinski definition) is 2. The molecule has 2 heteroatoms. The van der Waals surface area contributed by atoms with Gasteiger partial charge in [0.25, 0.3) is 0 Å². The lowest BCUT2D eigenvalue weighted by Crippen LogP contribution is -2.37. The van der Waals surface area contributed by atoms with Gasteiger partial charge in [-0.25, -0.2) is 0 Å². The predicted octanol–water partition coefficient (Wildman–Crippen LogP) is 8.53. The molecule has 0 bridgehead atoms. The van der Waals surface area contributed by atoms with Crippen LogP contribution in [-0.2, 0) is 4.79 Å². The van der Waals surface area contributed by atoms with Crippen molar-refractivity contribution >= 4 is 17.9 Å². The number of carbonyl (C=O) groups excluding carboxylic acids is 1. The van der Waals surface area contributed by atoms with Crippen molar-refractivity contribution < 1.29 is 9.90 Å². The van der Waals surface area contributed by atoms with Crippen LogP contribution in [0.2, 0.25) is 0 Å². The fraction of sp³-hybridized carbons (Fsp3) is 0.237. The molecule has 1 aliphatic rings. The monoisotopic (exact) mass is 526 g/mol. The van der Waals surface area contributed by atoms with Gasteiger partial charge in [-0.2, -0.15) is 0 Å². The van der Waals surface area contributed by atoms with Gasteiger partial charge in [0.15, 0.2) is 5.78 Å². The molecule has 0 amide bonds. The molecule has 40 heavy (non-hydrogen) atoms. The van der Waals surface area contributed by atoms with Crippen LogP contribution >= 0.6 is 0 Å². The maximum absolute atomic E-state index is 14.2. The summed E-state index contributed by atoms with van der Waals surface area (Å²) >= 11 is 0. The van der Waals surface area contributed by atoms with Gasteiger partial charge in [0.05, 0.1) is 11.5 Å². The lowest BCUT2D eigenvalue weighted by molar-refractivity contribution is -0.123. The van der Waals surface area contributed by atoms with Gasteiger partial charge in [-0.3, -0.25) is 4.79 Å². The van der Waals surface area contributed by atoms with Gasteiger partial charge in [-0.15, -0.1) is 0 Å². The number of aryl methyl sites for hydroxylation is 4. The van der Waals surface area contributed by atoms with Crippen molar-refractivity contribution in [3.05, 3.63) is 154 Å². The summed E-state index contributed by atoms with van der Waals surface area (Å²) in [4.78, 5) is 14.2. The summed E-state index contributed by atoms with van der Waals surface area (Å²) in [7, 11) is 0. The molecule has 4 aromatic rings. The van der Waals surface area contributed by atoms with Crippen LogP contribution in [-0.4, -0.2) is 16.5 Å². The molecule has 0 spiro atoms. The minimum Gasteiger partial charge on any atom is -0.385 e. The molecule has 1 aliphatic carbocycles. The molecular weight excluding hydrogens is 488 g/mol. The Labute approximate surface area is 238 Å². The Morgan fingerprint density at radius 3 is 1.57 bits per heavy atom. The van der Waals surface area contributed by atoms with Gasteiger partial charge >= 0.3 is 0 Å². The molecule has 1 saturated carbocycles. The molecule has 1 N–H and O–H groups in total. The molecule has 0 heterocycles. The molecule has 0 saturated heterocycles. The molecule has 0 radical (unpaired) electrons. The second-order valence-electron chi connectivity index (χ2n) is 11.5. The largest absolute Gasteiger partial charge is 0.385 e. The van der Waals surface area contributed by atoms with E-state index in [-0.39, 0.29) is 17.6 Å². The van der Waals surface area contributed by atoms with Crippen LogP contribution in [0, 0.1) is 33.6 Å². The van der Waals surface area contributed by atoms with E-state index < -0.39 is 11.5 Å². The Bertz CT molecular complexity index is 1510. The molecule has 0 aliphatic heterocycles. The van der Waals surface area contributed by atoms with E-state index in [1.165, 1.54) is 22.3 Å². The molecule has 4 atom stereocenters. The van der Waals surface area contributed by atoms with Gasteiger partial charge in [-0.05, 0) is 68.4 Å². The van der Waals surface area contributed by atoms with Crippen molar-refractivity contribution in [1.82, 2.24) is 0 Å². The number of hydrogen-bond donors (Lipinski definition) is 1. The van der Waals surface area contributed by atoms with Crippen molar-refractivity contribution in [2.45, 2.75) is 51.6 Å². The number of carbonyl (C=O) groups is 1. The Balaban J connectivity index is 1.61. The third-order valence-corrected chi connectivity index (χ3v) is 8.31. The average molecular weight is 527 g/mol. The zero-order chi connectivity index (χ0) is 28.3. The second kappa shape index (κ2) is 11.6. The summed E-state index contributed by atoms with van der Waals surface area (Å²) in [6.07, 6.45) is 7.84. The van der Waals surface area contributed by atoms with E-state index >= 15 is 0 Å². The van der Waals surface area contributed by atoms with Crippen LogP contribution in [0.3, 0.4) is 0 Å². The number of rotatable bonds is 7. The number of ketones is 1. The summed E-state index contributed by atoms with van der Waals surface area (Å²) in [5.74, 6) is -0.884. The minimum absolute atomic E-state index is 0.0160. The second-order valence-corrected chi connectivity index (χ2v) is 11.5. The SMILES string of the molecule is Cc1ccc(/C=C/C(=O)[C@H]2[C@H](c3ccc(C)cc3)[C@@H](c3ccc(C)cc3)C[C@]2(O)/C=C/c2ccc(C)cc2)cc1. The standard InChI is InChI=1S/C38H38O2/c1-26-5-13-30(14-6-26)17-22-35(39)37-36(33-20-11-29(4)12-21-33)34(32-18-9-28(3)10-19-32)25-38(37,40)24-23-31-15-7-27(2)8-16-31/h5-24,34,36-37,40H,25H2,1-4H3/b22-17+,24-23+/t34-,36-,37+,38-/m1/s1. The first kappa shape index (κ1) is 27.6. The molecule has 1 fully saturated rings. The molecule has 202 valence electrons. The van der Waals surface area contributed by atoms with Crippen LogP contribution in [0.4, 0.5) is 0 Å². The topological polar surface area (TPSA) is 37.3 Å². The van der Waals surface area contributed by atoms with Gasteiger partial charge in [0, 0.05) is 5.92 Å². The lowest BCUT2D eigenvalue weighted by atomic mass is 9.76. The number of allylic oxidation sites excluding steroid dienone is 1. The van der Waals surface area contributed by atoms with Crippen LogP contribution in [0.15, 0.2) is 109 Å². The first-order valence-corrected chi connectivity index (χ1v) is 14.1. The molecule has 5 rings (SSSR count). The predicted molar refractivity (Wildman–Crippen MR) is 166 cm³/mol. The summed E-state index contributed by atoms with van der Waals surface area (Å²) < 4.78 is 0. The van der Waals surface area contributed by atoms with Crippen molar-refractivity contribution in [2.24, 2.45) is 5.92 Å². The highest BCUT2D eigenvalue weighted by Gasteiger charge is 2.54. The summed E-state index contributed by atoms with van der Waals surface area (Å²) in [6, 6.07) is 33.4. The summed E-state index contributed by atoms with van der Waals surface area (Å²) in [5, 5.41) is 12.4. The van der Waals surface area contributed by atoms with Crippen molar-refractivity contribution in [1.29, 1.82) is 0 Å². The highest BCUT2D eigenvalue weighted by atomic mass is 16.3. The molecule has 0 aromatic heterocycles. The van der Waals surface area contributed by atoms with Gasteiger partial charge in [-0.1, -0.05) is 138 Å².